The molecule has 0 amide bonds. The Kier molecular flexibility index (Phi) is 2.75. The van der Waals surface area contributed by atoms with Crippen molar-refractivity contribution < 1.29 is 14.6 Å². The van der Waals surface area contributed by atoms with E-state index in [1.807, 2.05) is 20.9 Å². The number of benzene rings is 1. The van der Waals surface area contributed by atoms with Crippen LogP contribution in [-0.2, 0) is 7.05 Å². The maximum Gasteiger partial charge on any atom is 0.335 e. The van der Waals surface area contributed by atoms with Gasteiger partial charge < -0.3 is 9.84 Å². The lowest BCUT2D eigenvalue weighted by Gasteiger charge is -2.07. The Morgan fingerprint density at radius 1 is 1.53 bits per heavy atom. The van der Waals surface area contributed by atoms with E-state index in [2.05, 4.69) is 5.10 Å². The Morgan fingerprint density at radius 3 is 2.82 bits per heavy atom. The van der Waals surface area contributed by atoms with Crippen molar-refractivity contribution in [2.75, 3.05) is 6.61 Å². The van der Waals surface area contributed by atoms with E-state index in [1.165, 1.54) is 6.07 Å². The van der Waals surface area contributed by atoms with E-state index >= 15 is 0 Å². The van der Waals surface area contributed by atoms with Gasteiger partial charge in [-0.15, -0.1) is 0 Å². The van der Waals surface area contributed by atoms with Crippen molar-refractivity contribution >= 4 is 16.9 Å². The second-order valence-corrected chi connectivity index (χ2v) is 3.82. The molecule has 5 nitrogen and oxygen atoms in total. The van der Waals surface area contributed by atoms with Gasteiger partial charge in [-0.05, 0) is 26.0 Å². The Morgan fingerprint density at radius 2 is 2.24 bits per heavy atom. The Hall–Kier alpha value is -2.04. The number of aryl methyl sites for hydroxylation is 2. The number of fused-ring (bicyclic) bond motifs is 1. The largest absolute Gasteiger partial charge is 0.492 e. The molecule has 0 aliphatic rings. The number of carboxylic acid groups (broad SMARTS) is 1. The van der Waals surface area contributed by atoms with Crippen LogP contribution in [-0.4, -0.2) is 27.5 Å². The Labute approximate surface area is 98.6 Å². The standard InChI is InChI=1S/C12H14N2O3/c1-4-17-10-6-8(12(15)16)5-9-7(2)13-14(3)11(9)10/h5-6H,4H2,1-3H3,(H,15,16). The van der Waals surface area contributed by atoms with Gasteiger partial charge in [0.25, 0.3) is 0 Å². The van der Waals surface area contributed by atoms with Crippen LogP contribution in [0, 0.1) is 6.92 Å². The van der Waals surface area contributed by atoms with Crippen molar-refractivity contribution in [3.8, 4) is 5.75 Å². The number of nitrogens with zero attached hydrogens (tertiary/aromatic N) is 2. The molecule has 2 aromatic rings. The third-order valence-corrected chi connectivity index (χ3v) is 2.64. The number of ether oxygens (including phenoxy) is 1. The third-order valence-electron chi connectivity index (χ3n) is 2.64. The van der Waals surface area contributed by atoms with Crippen LogP contribution in [0.4, 0.5) is 0 Å². The lowest BCUT2D eigenvalue weighted by atomic mass is 10.1. The molecule has 90 valence electrons. The number of carbonyl (C=O) groups is 1. The molecule has 1 aromatic heterocycles. The zero-order valence-corrected chi connectivity index (χ0v) is 10.0. The molecule has 0 aliphatic carbocycles. The van der Waals surface area contributed by atoms with Gasteiger partial charge in [-0.3, -0.25) is 4.68 Å². The number of aromatic nitrogens is 2. The van der Waals surface area contributed by atoms with Gasteiger partial charge in [0.1, 0.15) is 11.3 Å². The molecule has 1 heterocycles. The fourth-order valence-electron chi connectivity index (χ4n) is 1.94. The molecule has 0 bridgehead atoms. The predicted molar refractivity (Wildman–Crippen MR) is 63.6 cm³/mol. The molecule has 0 saturated heterocycles. The molecule has 0 unspecified atom stereocenters. The van der Waals surface area contributed by atoms with Gasteiger partial charge in [-0.2, -0.15) is 5.10 Å². The number of carboxylic acids is 1. The van der Waals surface area contributed by atoms with E-state index in [-0.39, 0.29) is 5.56 Å². The van der Waals surface area contributed by atoms with Crippen LogP contribution in [0.25, 0.3) is 10.9 Å². The summed E-state index contributed by atoms with van der Waals surface area (Å²) in [6, 6.07) is 3.16. The predicted octanol–water partition coefficient (Wildman–Crippen LogP) is 1.98. The van der Waals surface area contributed by atoms with Gasteiger partial charge >= 0.3 is 5.97 Å². The molecule has 5 heteroatoms. The van der Waals surface area contributed by atoms with E-state index in [0.717, 1.165) is 16.6 Å². The van der Waals surface area contributed by atoms with Gasteiger partial charge in [-0.1, -0.05) is 0 Å². The highest BCUT2D eigenvalue weighted by atomic mass is 16.5. The molecule has 0 aliphatic heterocycles. The summed E-state index contributed by atoms with van der Waals surface area (Å²) in [6.07, 6.45) is 0. The first-order valence-corrected chi connectivity index (χ1v) is 5.38. The van der Waals surface area contributed by atoms with Gasteiger partial charge in [0, 0.05) is 12.4 Å². The van der Waals surface area contributed by atoms with Crippen molar-refractivity contribution in [1.29, 1.82) is 0 Å². The van der Waals surface area contributed by atoms with Crippen molar-refractivity contribution in [2.24, 2.45) is 7.05 Å². The lowest BCUT2D eigenvalue weighted by molar-refractivity contribution is 0.0696. The van der Waals surface area contributed by atoms with Gasteiger partial charge in [0.2, 0.25) is 0 Å². The van der Waals surface area contributed by atoms with Crippen LogP contribution in [0.1, 0.15) is 23.0 Å². The van der Waals surface area contributed by atoms with E-state index in [9.17, 15) is 4.79 Å². The smallest absolute Gasteiger partial charge is 0.335 e. The number of hydrogen-bond acceptors (Lipinski definition) is 3. The number of hydrogen-bond donors (Lipinski definition) is 1. The number of aromatic carboxylic acids is 1. The molecule has 1 aromatic carbocycles. The maximum absolute atomic E-state index is 11.0. The average molecular weight is 234 g/mol. The molecule has 0 radical (unpaired) electrons. The highest BCUT2D eigenvalue weighted by Gasteiger charge is 2.15. The van der Waals surface area contributed by atoms with E-state index in [0.29, 0.717) is 12.4 Å². The highest BCUT2D eigenvalue weighted by Crippen LogP contribution is 2.29. The van der Waals surface area contributed by atoms with E-state index < -0.39 is 5.97 Å². The normalized spacial score (nSPS) is 10.8. The van der Waals surface area contributed by atoms with Crippen LogP contribution < -0.4 is 4.74 Å². The van der Waals surface area contributed by atoms with E-state index in [4.69, 9.17) is 9.84 Å². The van der Waals surface area contributed by atoms with Gasteiger partial charge in [0.05, 0.1) is 17.9 Å². The lowest BCUT2D eigenvalue weighted by Crippen LogP contribution is -2.01. The summed E-state index contributed by atoms with van der Waals surface area (Å²) < 4.78 is 7.19. The molecule has 17 heavy (non-hydrogen) atoms. The Balaban J connectivity index is 2.78. The zero-order valence-electron chi connectivity index (χ0n) is 10.0. The van der Waals surface area contributed by atoms with Gasteiger partial charge in [0.15, 0.2) is 0 Å². The van der Waals surface area contributed by atoms with Crippen LogP contribution in [0.3, 0.4) is 0 Å². The SMILES string of the molecule is CCOc1cc(C(=O)O)cc2c(C)nn(C)c12. The first-order chi connectivity index (χ1) is 8.04. The van der Waals surface area contributed by atoms with Crippen molar-refractivity contribution in [1.82, 2.24) is 9.78 Å². The van der Waals surface area contributed by atoms with Crippen LogP contribution in [0.15, 0.2) is 12.1 Å². The zero-order chi connectivity index (χ0) is 12.6. The third kappa shape index (κ3) is 1.84. The summed E-state index contributed by atoms with van der Waals surface area (Å²) in [4.78, 5) is 11.0. The quantitative estimate of drug-likeness (QED) is 0.881. The molecule has 2 rings (SSSR count). The molecule has 0 saturated carbocycles. The summed E-state index contributed by atoms with van der Waals surface area (Å²) >= 11 is 0. The first-order valence-electron chi connectivity index (χ1n) is 5.38. The number of rotatable bonds is 3. The fraction of sp³-hybridized carbons (Fsp3) is 0.333. The summed E-state index contributed by atoms with van der Waals surface area (Å²) in [5.74, 6) is -0.401. The highest BCUT2D eigenvalue weighted by molar-refractivity contribution is 5.97. The molecule has 0 spiro atoms. The average Bonchev–Trinajstić information content (AvgIpc) is 2.55. The second-order valence-electron chi connectivity index (χ2n) is 3.82. The molecule has 0 atom stereocenters. The van der Waals surface area contributed by atoms with Crippen molar-refractivity contribution in [3.05, 3.63) is 23.4 Å². The molecule has 0 fully saturated rings. The molecular formula is C12H14N2O3. The van der Waals surface area contributed by atoms with Crippen molar-refractivity contribution in [3.63, 3.8) is 0 Å². The van der Waals surface area contributed by atoms with Crippen molar-refractivity contribution in [2.45, 2.75) is 13.8 Å². The Bertz CT molecular complexity index is 587. The minimum absolute atomic E-state index is 0.219. The van der Waals surface area contributed by atoms with Crippen LogP contribution in [0.2, 0.25) is 0 Å². The summed E-state index contributed by atoms with van der Waals surface area (Å²) in [5, 5.41) is 14.1. The van der Waals surface area contributed by atoms with Crippen LogP contribution >= 0.6 is 0 Å². The monoisotopic (exact) mass is 234 g/mol. The minimum Gasteiger partial charge on any atom is -0.492 e. The summed E-state index contributed by atoms with van der Waals surface area (Å²) in [5.41, 5.74) is 1.85. The van der Waals surface area contributed by atoms with Crippen LogP contribution in [0.5, 0.6) is 5.75 Å². The summed E-state index contributed by atoms with van der Waals surface area (Å²) in [6.45, 7) is 4.20. The summed E-state index contributed by atoms with van der Waals surface area (Å²) in [7, 11) is 1.82. The minimum atomic E-state index is -0.962. The first kappa shape index (κ1) is 11.4. The molecule has 1 N–H and O–H groups in total. The fourth-order valence-corrected chi connectivity index (χ4v) is 1.94. The second kappa shape index (κ2) is 4.08. The molecular weight excluding hydrogens is 220 g/mol. The van der Waals surface area contributed by atoms with E-state index in [1.54, 1.807) is 10.7 Å². The van der Waals surface area contributed by atoms with Gasteiger partial charge in [-0.25, -0.2) is 4.79 Å². The topological polar surface area (TPSA) is 64.3 Å². The maximum atomic E-state index is 11.0.